The van der Waals surface area contributed by atoms with E-state index in [0.717, 1.165) is 41.2 Å². The number of ketones is 1. The maximum atomic E-state index is 12.9. The van der Waals surface area contributed by atoms with E-state index in [1.807, 2.05) is 35.9 Å². The molecule has 8 heteroatoms. The average Bonchev–Trinajstić information content (AvgIpc) is 3.25. The number of pyridine rings is 3. The molecule has 4 aromatic heterocycles. The van der Waals surface area contributed by atoms with Crippen LogP contribution in [-0.4, -0.2) is 56.6 Å². The Bertz CT molecular complexity index is 1250. The predicted molar refractivity (Wildman–Crippen MR) is 117 cm³/mol. The highest BCUT2D eigenvalue weighted by Gasteiger charge is 2.16. The molecule has 8 nitrogen and oxygen atoms in total. The minimum Gasteiger partial charge on any atom is -0.378 e. The highest BCUT2D eigenvalue weighted by Crippen LogP contribution is 2.21. The van der Waals surface area contributed by atoms with E-state index < -0.39 is 0 Å². The first-order chi connectivity index (χ1) is 15.2. The zero-order chi connectivity index (χ0) is 21.2. The Hall–Kier alpha value is -3.65. The molecule has 0 bridgehead atoms. The van der Waals surface area contributed by atoms with Gasteiger partial charge < -0.3 is 14.2 Å². The predicted octanol–water partition coefficient (Wildman–Crippen LogP) is 2.69. The van der Waals surface area contributed by atoms with Crippen molar-refractivity contribution in [3.05, 3.63) is 66.5 Å². The summed E-state index contributed by atoms with van der Waals surface area (Å²) in [6.07, 6.45) is 7.20. The fourth-order valence-electron chi connectivity index (χ4n) is 3.73. The van der Waals surface area contributed by atoms with Gasteiger partial charge in [-0.05, 0) is 30.3 Å². The van der Waals surface area contributed by atoms with Crippen molar-refractivity contribution in [1.82, 2.24) is 24.5 Å². The lowest BCUT2D eigenvalue weighted by Gasteiger charge is -2.27. The van der Waals surface area contributed by atoms with Crippen LogP contribution in [0.15, 0.2) is 55.2 Å². The van der Waals surface area contributed by atoms with Gasteiger partial charge in [-0.15, -0.1) is 0 Å². The summed E-state index contributed by atoms with van der Waals surface area (Å²) < 4.78 is 7.32. The second-order valence-corrected chi connectivity index (χ2v) is 7.56. The molecule has 0 unspecified atom stereocenters. The number of morpholine rings is 1. The first-order valence-corrected chi connectivity index (χ1v) is 10.2. The van der Waals surface area contributed by atoms with Gasteiger partial charge >= 0.3 is 0 Å². The van der Waals surface area contributed by atoms with Crippen LogP contribution in [0.2, 0.25) is 0 Å². The Morgan fingerprint density at radius 1 is 1.10 bits per heavy atom. The van der Waals surface area contributed by atoms with Crippen LogP contribution < -0.4 is 4.90 Å². The third kappa shape index (κ3) is 4.02. The normalized spacial score (nSPS) is 14.2. The fourth-order valence-corrected chi connectivity index (χ4v) is 3.73. The van der Waals surface area contributed by atoms with Crippen LogP contribution in [0.5, 0.6) is 0 Å². The molecule has 0 spiro atoms. The maximum Gasteiger partial charge on any atom is 0.169 e. The first-order valence-electron chi connectivity index (χ1n) is 10.2. The Morgan fingerprint density at radius 2 is 1.97 bits per heavy atom. The third-order valence-electron chi connectivity index (χ3n) is 5.45. The Labute approximate surface area is 179 Å². The number of fused-ring (bicyclic) bond motifs is 1. The van der Waals surface area contributed by atoms with Crippen LogP contribution in [0.1, 0.15) is 16.1 Å². The van der Waals surface area contributed by atoms with Crippen LogP contribution in [0, 0.1) is 0 Å². The van der Waals surface area contributed by atoms with Crippen molar-refractivity contribution in [2.24, 2.45) is 7.05 Å². The van der Waals surface area contributed by atoms with Crippen LogP contribution in [0.3, 0.4) is 0 Å². The van der Waals surface area contributed by atoms with E-state index in [9.17, 15) is 4.79 Å². The lowest BCUT2D eigenvalue weighted by atomic mass is 10.1. The lowest BCUT2D eigenvalue weighted by Crippen LogP contribution is -2.36. The van der Waals surface area contributed by atoms with Crippen molar-refractivity contribution in [2.75, 3.05) is 31.2 Å². The summed E-state index contributed by atoms with van der Waals surface area (Å²) in [7, 11) is 1.94. The summed E-state index contributed by atoms with van der Waals surface area (Å²) in [4.78, 5) is 32.9. The van der Waals surface area contributed by atoms with E-state index in [1.54, 1.807) is 31.0 Å². The molecule has 1 aliphatic heterocycles. The van der Waals surface area contributed by atoms with Crippen LogP contribution >= 0.6 is 0 Å². The number of rotatable bonds is 5. The van der Waals surface area contributed by atoms with E-state index in [-0.39, 0.29) is 12.2 Å². The molecule has 0 N–H and O–H groups in total. The topological polar surface area (TPSA) is 86.0 Å². The van der Waals surface area contributed by atoms with Gasteiger partial charge in [-0.25, -0.2) is 15.0 Å². The minimum atomic E-state index is 0.00606. The Balaban J connectivity index is 1.38. The van der Waals surface area contributed by atoms with Gasteiger partial charge in [0.25, 0.3) is 0 Å². The van der Waals surface area contributed by atoms with Crippen molar-refractivity contribution < 1.29 is 9.53 Å². The molecule has 31 heavy (non-hydrogen) atoms. The molecule has 1 aliphatic rings. The van der Waals surface area contributed by atoms with Gasteiger partial charge in [0.15, 0.2) is 5.78 Å². The summed E-state index contributed by atoms with van der Waals surface area (Å²) in [5.74, 6) is 0.814. The molecule has 0 saturated carbocycles. The minimum absolute atomic E-state index is 0.00606. The molecule has 4 aromatic rings. The Morgan fingerprint density at radius 3 is 2.77 bits per heavy atom. The van der Waals surface area contributed by atoms with Gasteiger partial charge in [0, 0.05) is 43.5 Å². The number of aromatic nitrogens is 5. The van der Waals surface area contributed by atoms with E-state index in [4.69, 9.17) is 9.72 Å². The van der Waals surface area contributed by atoms with Crippen LogP contribution in [-0.2, 0) is 18.2 Å². The second-order valence-electron chi connectivity index (χ2n) is 7.56. The summed E-state index contributed by atoms with van der Waals surface area (Å²) in [6.45, 7) is 2.91. The van der Waals surface area contributed by atoms with Crippen molar-refractivity contribution >= 4 is 22.5 Å². The summed E-state index contributed by atoms with van der Waals surface area (Å²) >= 11 is 0. The molecule has 1 fully saturated rings. The number of imidazole rings is 1. The lowest BCUT2D eigenvalue weighted by molar-refractivity contribution is 0.0992. The number of hydrogen-bond acceptors (Lipinski definition) is 7. The fraction of sp³-hybridized carbons (Fsp3) is 0.261. The van der Waals surface area contributed by atoms with E-state index in [0.29, 0.717) is 24.5 Å². The monoisotopic (exact) mass is 414 g/mol. The Kier molecular flexibility index (Phi) is 5.13. The molecule has 1 saturated heterocycles. The number of anilines is 1. The number of carbonyl (C=O) groups excluding carboxylic acids is 1. The van der Waals surface area contributed by atoms with Gasteiger partial charge in [0.05, 0.1) is 54.8 Å². The molecule has 0 radical (unpaired) electrons. The van der Waals surface area contributed by atoms with Crippen molar-refractivity contribution in [2.45, 2.75) is 6.42 Å². The summed E-state index contributed by atoms with van der Waals surface area (Å²) in [5, 5.41) is 0.931. The van der Waals surface area contributed by atoms with E-state index >= 15 is 0 Å². The summed E-state index contributed by atoms with van der Waals surface area (Å²) in [5.41, 5.74) is 3.90. The summed E-state index contributed by atoms with van der Waals surface area (Å²) in [6, 6.07) is 9.44. The molecule has 5 heterocycles. The second kappa shape index (κ2) is 8.23. The SMILES string of the molecule is Cn1cncc1-c1ccc2cnc(CC(=O)c3ccnc(N4CCOCC4)c3)cc2n1. The molecule has 0 aromatic carbocycles. The van der Waals surface area contributed by atoms with Gasteiger partial charge in [0.1, 0.15) is 5.82 Å². The van der Waals surface area contributed by atoms with E-state index in [2.05, 4.69) is 19.9 Å². The maximum absolute atomic E-state index is 12.9. The molecule has 0 atom stereocenters. The van der Waals surface area contributed by atoms with Crippen LogP contribution in [0.25, 0.3) is 22.3 Å². The van der Waals surface area contributed by atoms with Gasteiger partial charge in [-0.3, -0.25) is 9.78 Å². The molecule has 5 rings (SSSR count). The quantitative estimate of drug-likeness (QED) is 0.464. The average molecular weight is 414 g/mol. The number of aryl methyl sites for hydroxylation is 1. The van der Waals surface area contributed by atoms with Crippen molar-refractivity contribution in [3.8, 4) is 11.4 Å². The van der Waals surface area contributed by atoms with Crippen molar-refractivity contribution in [1.29, 1.82) is 0 Å². The largest absolute Gasteiger partial charge is 0.378 e. The number of Topliss-reactive ketones (excluding diaryl/α,β-unsaturated/α-hetero) is 1. The highest BCUT2D eigenvalue weighted by molar-refractivity contribution is 5.98. The zero-order valence-corrected chi connectivity index (χ0v) is 17.2. The molecule has 0 aliphatic carbocycles. The molecule has 156 valence electrons. The van der Waals surface area contributed by atoms with Crippen LogP contribution in [0.4, 0.5) is 5.82 Å². The van der Waals surface area contributed by atoms with Gasteiger partial charge in [0.2, 0.25) is 0 Å². The van der Waals surface area contributed by atoms with E-state index in [1.165, 1.54) is 0 Å². The number of hydrogen-bond donors (Lipinski definition) is 0. The van der Waals surface area contributed by atoms with Crippen molar-refractivity contribution in [3.63, 3.8) is 0 Å². The smallest absolute Gasteiger partial charge is 0.169 e. The molecule has 0 amide bonds. The number of carbonyl (C=O) groups is 1. The van der Waals surface area contributed by atoms with Gasteiger partial charge in [-0.2, -0.15) is 0 Å². The zero-order valence-electron chi connectivity index (χ0n) is 17.2. The highest BCUT2D eigenvalue weighted by atomic mass is 16.5. The first kappa shape index (κ1) is 19.3. The van der Waals surface area contributed by atoms with Gasteiger partial charge in [-0.1, -0.05) is 0 Å². The standard InChI is InChI=1S/C23H22N6O2/c1-28-15-24-14-21(28)19-3-2-17-13-26-18(11-20(17)27-19)12-22(30)16-4-5-25-23(10-16)29-6-8-31-9-7-29/h2-5,10-11,13-15H,6-9,12H2,1H3. The number of ether oxygens (including phenoxy) is 1. The number of nitrogens with zero attached hydrogens (tertiary/aromatic N) is 6. The molecular formula is C23H22N6O2. The third-order valence-corrected chi connectivity index (χ3v) is 5.45. The molecular weight excluding hydrogens is 392 g/mol.